The molecule has 0 spiro atoms. The average Bonchev–Trinajstić information content (AvgIpc) is 2.17. The summed E-state index contributed by atoms with van der Waals surface area (Å²) in [6.07, 6.45) is 2.22. The number of carbonyl (C=O) groups excluding carboxylic acids is 1. The maximum absolute atomic E-state index is 10.9. The Labute approximate surface area is 82.4 Å². The summed E-state index contributed by atoms with van der Waals surface area (Å²) in [6, 6.07) is 0. The second kappa shape index (κ2) is 5.97. The Morgan fingerprint density at radius 3 is 2.92 bits per heavy atom. The summed E-state index contributed by atoms with van der Waals surface area (Å²) >= 11 is 1.48. The zero-order valence-electron chi connectivity index (χ0n) is 7.84. The van der Waals surface area contributed by atoms with E-state index in [0.29, 0.717) is 11.9 Å². The normalized spacial score (nSPS) is 17.6. The van der Waals surface area contributed by atoms with Gasteiger partial charge in [0, 0.05) is 10.4 Å². The molecule has 0 amide bonds. The molecule has 1 fully saturated rings. The van der Waals surface area contributed by atoms with E-state index in [1.165, 1.54) is 11.2 Å². The number of esters is 1. The third kappa shape index (κ3) is 4.27. The lowest BCUT2D eigenvalue weighted by molar-refractivity contribution is -0.136. The van der Waals surface area contributed by atoms with E-state index < -0.39 is 0 Å². The smallest absolute Gasteiger partial charge is 0.386 e. The predicted molar refractivity (Wildman–Crippen MR) is 54.0 cm³/mol. The highest BCUT2D eigenvalue weighted by Gasteiger charge is 2.09. The fourth-order valence-electron chi connectivity index (χ4n) is 1.21. The van der Waals surface area contributed by atoms with Crippen LogP contribution in [0.2, 0.25) is 0 Å². The van der Waals surface area contributed by atoms with Gasteiger partial charge >= 0.3 is 5.97 Å². The molecule has 0 aromatic heterocycles. The van der Waals surface area contributed by atoms with E-state index in [0.717, 1.165) is 25.9 Å². The van der Waals surface area contributed by atoms with Crippen LogP contribution >= 0.6 is 11.2 Å². The molecular weight excluding hydrogens is 186 g/mol. The maximum atomic E-state index is 10.9. The van der Waals surface area contributed by atoms with E-state index in [9.17, 15) is 4.79 Å². The van der Waals surface area contributed by atoms with Crippen molar-refractivity contribution in [2.75, 3.05) is 19.7 Å². The first-order valence-electron chi connectivity index (χ1n) is 4.62. The van der Waals surface area contributed by atoms with Gasteiger partial charge in [-0.2, -0.15) is 0 Å². The third-order valence-corrected chi connectivity index (χ3v) is 2.96. The third-order valence-electron chi connectivity index (χ3n) is 1.87. The van der Waals surface area contributed by atoms with Gasteiger partial charge in [0.1, 0.15) is 0 Å². The molecule has 1 rings (SSSR count). The Morgan fingerprint density at radius 1 is 1.62 bits per heavy atom. The van der Waals surface area contributed by atoms with Crippen LogP contribution in [0.3, 0.4) is 0 Å². The molecule has 3 nitrogen and oxygen atoms in total. The van der Waals surface area contributed by atoms with Gasteiger partial charge in [-0.05, 0) is 32.9 Å². The Morgan fingerprint density at radius 2 is 2.31 bits per heavy atom. The van der Waals surface area contributed by atoms with Crippen LogP contribution < -0.4 is 5.32 Å². The molecule has 0 bridgehead atoms. The second-order valence-electron chi connectivity index (χ2n) is 2.89. The van der Waals surface area contributed by atoms with Gasteiger partial charge < -0.3 is 10.1 Å². The van der Waals surface area contributed by atoms with Crippen LogP contribution in [0.1, 0.15) is 19.8 Å². The number of hydrogen-bond donors (Lipinski definition) is 1. The van der Waals surface area contributed by atoms with Gasteiger partial charge in [0.15, 0.2) is 0 Å². The molecule has 1 aliphatic heterocycles. The molecule has 0 unspecified atom stereocenters. The maximum Gasteiger partial charge on any atom is 0.386 e. The summed E-state index contributed by atoms with van der Waals surface area (Å²) in [5.41, 5.74) is 0. The number of hydrogen-bond acceptors (Lipinski definition) is 3. The van der Waals surface area contributed by atoms with Gasteiger partial charge in [0.05, 0.1) is 6.61 Å². The summed E-state index contributed by atoms with van der Waals surface area (Å²) in [6.45, 7) is 4.32. The molecular formula is C9H15NO2S. The van der Waals surface area contributed by atoms with Crippen molar-refractivity contribution in [2.45, 2.75) is 25.0 Å². The highest BCUT2D eigenvalue weighted by atomic mass is 32.1. The number of piperidine rings is 1. The molecule has 0 radical (unpaired) electrons. The van der Waals surface area contributed by atoms with Crippen molar-refractivity contribution in [3.63, 3.8) is 0 Å². The minimum absolute atomic E-state index is 0.328. The Kier molecular flexibility index (Phi) is 4.83. The lowest BCUT2D eigenvalue weighted by Gasteiger charge is -2.16. The quantitative estimate of drug-likeness (QED) is 0.643. The van der Waals surface area contributed by atoms with Crippen LogP contribution in [-0.4, -0.2) is 30.9 Å². The van der Waals surface area contributed by atoms with Crippen LogP contribution in [0.25, 0.3) is 0 Å². The first-order valence-corrected chi connectivity index (χ1v) is 5.50. The van der Waals surface area contributed by atoms with Crippen molar-refractivity contribution < 1.29 is 9.53 Å². The summed E-state index contributed by atoms with van der Waals surface area (Å²) in [5.74, 6) is -0.328. The monoisotopic (exact) mass is 201 g/mol. The number of carbonyl (C=O) groups is 1. The lowest BCUT2D eigenvalue weighted by Crippen LogP contribution is -2.28. The molecule has 1 aliphatic rings. The van der Waals surface area contributed by atoms with Crippen LogP contribution in [0, 0.1) is 5.18 Å². The van der Waals surface area contributed by atoms with Gasteiger partial charge in [-0.25, -0.2) is 4.79 Å². The summed E-state index contributed by atoms with van der Waals surface area (Å²) < 4.78 is 4.75. The van der Waals surface area contributed by atoms with E-state index in [4.69, 9.17) is 4.74 Å². The predicted octanol–water partition coefficient (Wildman–Crippen LogP) is 0.994. The summed E-state index contributed by atoms with van der Waals surface area (Å²) in [5, 5.41) is 6.48. The zero-order valence-corrected chi connectivity index (χ0v) is 8.65. The summed E-state index contributed by atoms with van der Waals surface area (Å²) in [7, 11) is 0. The number of nitrogens with one attached hydrogen (secondary N) is 1. The number of ether oxygens (including phenoxy) is 1. The fourth-order valence-corrected chi connectivity index (χ4v) is 2.00. The standard InChI is InChI=1S/C9H15NO2S/c1-2-12-9(11)7-13-8-3-5-10-6-4-8/h8,10H,2-6H2,1H3. The van der Waals surface area contributed by atoms with E-state index in [1.807, 2.05) is 0 Å². The molecule has 0 aromatic carbocycles. The molecule has 4 heteroatoms. The molecule has 13 heavy (non-hydrogen) atoms. The van der Waals surface area contributed by atoms with Crippen LogP contribution in [0.15, 0.2) is 0 Å². The van der Waals surface area contributed by atoms with Crippen molar-refractivity contribution in [2.24, 2.45) is 0 Å². The Hall–Kier alpha value is -0.570. The molecule has 0 aliphatic carbocycles. The van der Waals surface area contributed by atoms with E-state index >= 15 is 0 Å². The minimum Gasteiger partial charge on any atom is -0.456 e. The number of rotatable bonds is 1. The molecule has 0 aromatic rings. The fraction of sp³-hybridized carbons (Fsp3) is 0.778. The van der Waals surface area contributed by atoms with Gasteiger partial charge in [0.25, 0.3) is 0 Å². The Bertz CT molecular complexity index is 226. The zero-order chi connectivity index (χ0) is 9.52. The topological polar surface area (TPSA) is 38.3 Å². The highest BCUT2D eigenvalue weighted by Crippen LogP contribution is 2.11. The minimum atomic E-state index is -0.328. The first kappa shape index (κ1) is 10.5. The van der Waals surface area contributed by atoms with Crippen molar-refractivity contribution in [1.82, 2.24) is 5.32 Å². The van der Waals surface area contributed by atoms with Crippen molar-refractivity contribution in [3.8, 4) is 5.18 Å². The molecule has 1 N–H and O–H groups in total. The van der Waals surface area contributed by atoms with E-state index in [1.54, 1.807) is 6.92 Å². The van der Waals surface area contributed by atoms with Crippen molar-refractivity contribution >= 4 is 17.1 Å². The molecule has 0 saturated carbocycles. The molecule has 1 saturated heterocycles. The SMILES string of the molecule is CCOC(=O)C#SC1CCNCC1. The van der Waals surface area contributed by atoms with Crippen LogP contribution in [0.5, 0.6) is 0 Å². The molecule has 0 atom stereocenters. The van der Waals surface area contributed by atoms with E-state index in [-0.39, 0.29) is 5.97 Å². The van der Waals surface area contributed by atoms with E-state index in [2.05, 4.69) is 10.5 Å². The van der Waals surface area contributed by atoms with Gasteiger partial charge in [0.2, 0.25) is 0 Å². The van der Waals surface area contributed by atoms with Crippen molar-refractivity contribution in [1.29, 1.82) is 0 Å². The van der Waals surface area contributed by atoms with Crippen molar-refractivity contribution in [3.05, 3.63) is 0 Å². The Balaban J connectivity index is 2.31. The first-order chi connectivity index (χ1) is 6.33. The van der Waals surface area contributed by atoms with Gasteiger partial charge in [-0.1, -0.05) is 0 Å². The highest BCUT2D eigenvalue weighted by molar-refractivity contribution is 7.89. The second-order valence-corrected chi connectivity index (χ2v) is 4.00. The summed E-state index contributed by atoms with van der Waals surface area (Å²) in [4.78, 5) is 10.9. The van der Waals surface area contributed by atoms with Crippen LogP contribution in [-0.2, 0) is 9.53 Å². The largest absolute Gasteiger partial charge is 0.456 e. The molecule has 74 valence electrons. The lowest BCUT2D eigenvalue weighted by atomic mass is 10.2. The van der Waals surface area contributed by atoms with Gasteiger partial charge in [-0.15, -0.1) is 11.2 Å². The molecule has 1 heterocycles. The van der Waals surface area contributed by atoms with Crippen LogP contribution in [0.4, 0.5) is 0 Å². The van der Waals surface area contributed by atoms with Gasteiger partial charge in [-0.3, -0.25) is 0 Å². The average molecular weight is 201 g/mol.